The Hall–Kier alpha value is -3.22. The fourth-order valence-electron chi connectivity index (χ4n) is 2.97. The van der Waals surface area contributed by atoms with E-state index < -0.39 is 0 Å². The molecule has 0 spiro atoms. The van der Waals surface area contributed by atoms with Crippen molar-refractivity contribution < 1.29 is 4.79 Å². The van der Waals surface area contributed by atoms with Gasteiger partial charge in [0.2, 0.25) is 0 Å². The zero-order valence-electron chi connectivity index (χ0n) is 13.6. The molecule has 0 aliphatic carbocycles. The Bertz CT molecular complexity index is 1090. The van der Waals surface area contributed by atoms with Crippen molar-refractivity contribution in [1.29, 1.82) is 0 Å². The molecular weight excluding hydrogens is 304 g/mol. The minimum atomic E-state index is -0.218. The van der Waals surface area contributed by atoms with Crippen LogP contribution in [0.25, 0.3) is 22.1 Å². The number of carbonyl (C=O) groups excluding carboxylic acids is 1. The molecule has 0 aliphatic rings. The van der Waals surface area contributed by atoms with Crippen LogP contribution in [-0.2, 0) is 7.05 Å². The Labute approximate surface area is 137 Å². The molecule has 0 aliphatic heterocycles. The first-order valence-corrected chi connectivity index (χ1v) is 7.59. The highest BCUT2D eigenvalue weighted by Crippen LogP contribution is 2.22. The van der Waals surface area contributed by atoms with Crippen LogP contribution in [0.15, 0.2) is 36.7 Å². The maximum absolute atomic E-state index is 12.9. The Kier molecular flexibility index (Phi) is 3.09. The number of aryl methyl sites for hydroxylation is 3. The lowest BCUT2D eigenvalue weighted by Gasteiger charge is -2.09. The van der Waals surface area contributed by atoms with Gasteiger partial charge in [-0.3, -0.25) is 14.9 Å². The number of aromatic nitrogens is 5. The summed E-state index contributed by atoms with van der Waals surface area (Å²) in [6.07, 6.45) is 1.60. The van der Waals surface area contributed by atoms with Gasteiger partial charge in [0.05, 0.1) is 27.7 Å². The monoisotopic (exact) mass is 320 g/mol. The van der Waals surface area contributed by atoms with Crippen molar-refractivity contribution in [2.24, 2.45) is 7.05 Å². The zero-order valence-corrected chi connectivity index (χ0v) is 13.6. The summed E-state index contributed by atoms with van der Waals surface area (Å²) in [5.41, 5.74) is 7.36. The van der Waals surface area contributed by atoms with Gasteiger partial charge in [-0.2, -0.15) is 5.10 Å². The van der Waals surface area contributed by atoms with Gasteiger partial charge in [0.15, 0.2) is 5.65 Å². The molecule has 1 amide bonds. The van der Waals surface area contributed by atoms with E-state index in [0.29, 0.717) is 11.2 Å². The molecular formula is C17H16N6O. The number of nitrogens with one attached hydrogen (secondary N) is 1. The van der Waals surface area contributed by atoms with Crippen LogP contribution in [0.4, 0.5) is 0 Å². The average Bonchev–Trinajstić information content (AvgIpc) is 3.08. The number of pyridine rings is 1. The molecule has 4 aromatic rings. The van der Waals surface area contributed by atoms with Crippen LogP contribution >= 0.6 is 0 Å². The third kappa shape index (κ3) is 2.13. The number of hydrogen-bond acceptors (Lipinski definition) is 4. The third-order valence-electron chi connectivity index (χ3n) is 4.02. The van der Waals surface area contributed by atoms with Crippen LogP contribution in [0, 0.1) is 13.8 Å². The van der Waals surface area contributed by atoms with Gasteiger partial charge in [0, 0.05) is 12.7 Å². The predicted octanol–water partition coefficient (Wildman–Crippen LogP) is 2.32. The van der Waals surface area contributed by atoms with Crippen LogP contribution in [0.1, 0.15) is 21.7 Å². The molecule has 3 aromatic heterocycles. The van der Waals surface area contributed by atoms with E-state index in [1.165, 1.54) is 0 Å². The van der Waals surface area contributed by atoms with E-state index in [1.54, 1.807) is 21.8 Å². The molecule has 24 heavy (non-hydrogen) atoms. The van der Waals surface area contributed by atoms with Crippen molar-refractivity contribution in [3.8, 4) is 0 Å². The number of imidazole rings is 1. The third-order valence-corrected chi connectivity index (χ3v) is 4.02. The predicted molar refractivity (Wildman–Crippen MR) is 91.4 cm³/mol. The first-order valence-electron chi connectivity index (χ1n) is 7.59. The van der Waals surface area contributed by atoms with Gasteiger partial charge in [-0.05, 0) is 32.0 Å². The summed E-state index contributed by atoms with van der Waals surface area (Å²) in [5, 5.41) is 5.14. The normalized spacial score (nSPS) is 11.3. The van der Waals surface area contributed by atoms with Crippen molar-refractivity contribution in [1.82, 2.24) is 24.4 Å². The van der Waals surface area contributed by atoms with Crippen molar-refractivity contribution >= 4 is 28.0 Å². The van der Waals surface area contributed by atoms with E-state index in [-0.39, 0.29) is 5.91 Å². The Morgan fingerprint density at radius 3 is 2.83 bits per heavy atom. The number of amides is 1. The number of nitrogens with zero attached hydrogens (tertiary/aromatic N) is 5. The molecule has 7 heteroatoms. The first-order chi connectivity index (χ1) is 11.5. The lowest BCUT2D eigenvalue weighted by atomic mass is 10.1. The van der Waals surface area contributed by atoms with Crippen molar-refractivity contribution in [3.63, 3.8) is 0 Å². The van der Waals surface area contributed by atoms with Gasteiger partial charge < -0.3 is 0 Å². The fraction of sp³-hybridized carbons (Fsp3) is 0.176. The molecule has 1 N–H and O–H groups in total. The molecule has 0 radical (unpaired) electrons. The number of benzene rings is 1. The van der Waals surface area contributed by atoms with Crippen molar-refractivity contribution in [2.75, 3.05) is 5.43 Å². The highest BCUT2D eigenvalue weighted by molar-refractivity contribution is 6.10. The molecule has 120 valence electrons. The molecule has 0 saturated carbocycles. The number of rotatable bonds is 2. The molecule has 0 unspecified atom stereocenters. The smallest absolute Gasteiger partial charge is 0.267 e. The van der Waals surface area contributed by atoms with Crippen molar-refractivity contribution in [3.05, 3.63) is 53.6 Å². The van der Waals surface area contributed by atoms with Crippen LogP contribution in [0.2, 0.25) is 0 Å². The second-order valence-corrected chi connectivity index (χ2v) is 5.76. The lowest BCUT2D eigenvalue weighted by molar-refractivity contribution is 0.101. The van der Waals surface area contributed by atoms with E-state index in [4.69, 9.17) is 0 Å². The van der Waals surface area contributed by atoms with E-state index in [9.17, 15) is 4.79 Å². The number of fused-ring (bicyclic) bond motifs is 2. The summed E-state index contributed by atoms with van der Waals surface area (Å²) in [4.78, 5) is 21.6. The second-order valence-electron chi connectivity index (χ2n) is 5.76. The molecule has 3 heterocycles. The minimum Gasteiger partial charge on any atom is -0.267 e. The number of hydrogen-bond donors (Lipinski definition) is 1. The van der Waals surface area contributed by atoms with Crippen LogP contribution in [0.5, 0.6) is 0 Å². The highest BCUT2D eigenvalue weighted by Gasteiger charge is 2.18. The number of carbonyl (C=O) groups is 1. The molecule has 7 nitrogen and oxygen atoms in total. The topological polar surface area (TPSA) is 77.6 Å². The van der Waals surface area contributed by atoms with Gasteiger partial charge in [0.1, 0.15) is 6.33 Å². The van der Waals surface area contributed by atoms with E-state index in [2.05, 4.69) is 20.5 Å². The van der Waals surface area contributed by atoms with Crippen LogP contribution in [-0.4, -0.2) is 30.3 Å². The summed E-state index contributed by atoms with van der Waals surface area (Å²) in [6.45, 7) is 3.74. The van der Waals surface area contributed by atoms with E-state index in [1.807, 2.05) is 45.2 Å². The Balaban J connectivity index is 1.81. The molecule has 0 fully saturated rings. The van der Waals surface area contributed by atoms with Crippen molar-refractivity contribution in [2.45, 2.75) is 13.8 Å². The summed E-state index contributed by atoms with van der Waals surface area (Å²) in [7, 11) is 1.83. The summed E-state index contributed by atoms with van der Waals surface area (Å²) < 4.78 is 3.33. The SMILES string of the molecule is Cc1cc(C(=O)Nn2cnc3ccccc32)c2c(C)nn(C)c2n1. The quantitative estimate of drug-likeness (QED) is 0.615. The zero-order chi connectivity index (χ0) is 16.8. The molecule has 0 atom stereocenters. The maximum atomic E-state index is 12.9. The molecule has 0 saturated heterocycles. The highest BCUT2D eigenvalue weighted by atomic mass is 16.2. The fourth-order valence-corrected chi connectivity index (χ4v) is 2.97. The van der Waals surface area contributed by atoms with Gasteiger partial charge >= 0.3 is 0 Å². The minimum absolute atomic E-state index is 0.218. The Morgan fingerprint density at radius 2 is 2.00 bits per heavy atom. The first kappa shape index (κ1) is 14.4. The average molecular weight is 320 g/mol. The van der Waals surface area contributed by atoms with E-state index in [0.717, 1.165) is 27.8 Å². The maximum Gasteiger partial charge on any atom is 0.271 e. The van der Waals surface area contributed by atoms with Gasteiger partial charge in [-0.25, -0.2) is 14.6 Å². The summed E-state index contributed by atoms with van der Waals surface area (Å²) in [6, 6.07) is 9.41. The number of para-hydroxylation sites is 2. The van der Waals surface area contributed by atoms with Gasteiger partial charge in [0.25, 0.3) is 5.91 Å². The largest absolute Gasteiger partial charge is 0.271 e. The van der Waals surface area contributed by atoms with Gasteiger partial charge in [-0.1, -0.05) is 12.1 Å². The molecule has 1 aromatic carbocycles. The van der Waals surface area contributed by atoms with Gasteiger partial charge in [-0.15, -0.1) is 0 Å². The summed E-state index contributed by atoms with van der Waals surface area (Å²) in [5.74, 6) is -0.218. The van der Waals surface area contributed by atoms with Crippen LogP contribution < -0.4 is 5.43 Å². The van der Waals surface area contributed by atoms with Crippen LogP contribution in [0.3, 0.4) is 0 Å². The Morgan fingerprint density at radius 1 is 1.21 bits per heavy atom. The summed E-state index contributed by atoms with van der Waals surface area (Å²) >= 11 is 0. The lowest BCUT2D eigenvalue weighted by Crippen LogP contribution is -2.22. The second kappa shape index (κ2) is 5.16. The molecule has 0 bridgehead atoms. The standard InChI is InChI=1S/C17H16N6O/c1-10-8-12(15-11(2)20-22(3)16(15)19-10)17(24)21-23-9-18-13-6-4-5-7-14(13)23/h4-9H,1-3H3,(H,21,24). The molecule has 4 rings (SSSR count). The van der Waals surface area contributed by atoms with E-state index >= 15 is 0 Å².